The summed E-state index contributed by atoms with van der Waals surface area (Å²) in [7, 11) is 0. The number of amides is 1. The van der Waals surface area contributed by atoms with Crippen molar-refractivity contribution >= 4 is 22.8 Å². The lowest BCUT2D eigenvalue weighted by molar-refractivity contribution is -0.142. The molecule has 24 heavy (non-hydrogen) atoms. The molecule has 1 aromatic heterocycles. The normalized spacial score (nSPS) is 21.0. The van der Waals surface area contributed by atoms with E-state index in [1.54, 1.807) is 0 Å². The molecule has 1 aromatic carbocycles. The fourth-order valence-corrected chi connectivity index (χ4v) is 3.63. The highest BCUT2D eigenvalue weighted by molar-refractivity contribution is 6.00. The zero-order chi connectivity index (χ0) is 17.4. The average Bonchev–Trinajstić information content (AvgIpc) is 2.90. The molecule has 0 aliphatic heterocycles. The number of rotatable bonds is 3. The smallest absolute Gasteiger partial charge is 0.306 e. The molecule has 1 amide bonds. The molecule has 1 saturated carbocycles. The number of nitrogens with one attached hydrogen (secondary N) is 1. The van der Waals surface area contributed by atoms with Gasteiger partial charge in [0, 0.05) is 17.0 Å². The van der Waals surface area contributed by atoms with Gasteiger partial charge < -0.3 is 14.8 Å². The minimum Gasteiger partial charge on any atom is -0.481 e. The van der Waals surface area contributed by atoms with Crippen LogP contribution in [-0.4, -0.2) is 23.0 Å². The van der Waals surface area contributed by atoms with E-state index in [1.807, 2.05) is 32.9 Å². The molecule has 3 rings (SSSR count). The summed E-state index contributed by atoms with van der Waals surface area (Å²) in [5.74, 6) is -0.862. The fraction of sp³-hybridized carbons (Fsp3) is 0.474. The lowest BCUT2D eigenvalue weighted by atomic mass is 9.86. The lowest BCUT2D eigenvalue weighted by Crippen LogP contribution is -2.38. The molecule has 1 fully saturated rings. The number of carbonyl (C=O) groups is 2. The molecular weight excluding hydrogens is 306 g/mol. The van der Waals surface area contributed by atoms with E-state index in [2.05, 4.69) is 5.32 Å². The number of aryl methyl sites for hydroxylation is 3. The van der Waals surface area contributed by atoms with Crippen LogP contribution in [0.1, 0.15) is 52.9 Å². The first-order valence-electron chi connectivity index (χ1n) is 8.41. The maximum absolute atomic E-state index is 12.6. The van der Waals surface area contributed by atoms with Gasteiger partial charge in [0.05, 0.1) is 5.92 Å². The lowest BCUT2D eigenvalue weighted by Gasteiger charge is -2.26. The van der Waals surface area contributed by atoms with E-state index in [0.29, 0.717) is 31.4 Å². The second-order valence-electron chi connectivity index (χ2n) is 6.82. The van der Waals surface area contributed by atoms with Crippen molar-refractivity contribution in [3.8, 4) is 0 Å². The minimum atomic E-state index is -0.737. The van der Waals surface area contributed by atoms with Crippen molar-refractivity contribution in [1.82, 2.24) is 5.32 Å². The van der Waals surface area contributed by atoms with Crippen LogP contribution in [0.3, 0.4) is 0 Å². The van der Waals surface area contributed by atoms with Gasteiger partial charge in [-0.2, -0.15) is 0 Å². The summed E-state index contributed by atoms with van der Waals surface area (Å²) < 4.78 is 5.87. The summed E-state index contributed by atoms with van der Waals surface area (Å²) >= 11 is 0. The largest absolute Gasteiger partial charge is 0.481 e. The first kappa shape index (κ1) is 16.6. The second-order valence-corrected chi connectivity index (χ2v) is 6.82. The summed E-state index contributed by atoms with van der Waals surface area (Å²) in [6.07, 6.45) is 2.61. The first-order chi connectivity index (χ1) is 11.4. The summed E-state index contributed by atoms with van der Waals surface area (Å²) in [5.41, 5.74) is 3.74. The van der Waals surface area contributed by atoms with Crippen molar-refractivity contribution in [2.75, 3.05) is 0 Å². The molecule has 128 valence electrons. The molecule has 0 unspecified atom stereocenters. The summed E-state index contributed by atoms with van der Waals surface area (Å²) in [5, 5.41) is 13.1. The second kappa shape index (κ2) is 6.30. The van der Waals surface area contributed by atoms with Gasteiger partial charge in [0.25, 0.3) is 5.91 Å². The van der Waals surface area contributed by atoms with Gasteiger partial charge in [0.15, 0.2) is 5.76 Å². The summed E-state index contributed by atoms with van der Waals surface area (Å²) in [6, 6.07) is 4.05. The number of hydrogen-bond acceptors (Lipinski definition) is 3. The number of carbonyl (C=O) groups excluding carboxylic acids is 1. The van der Waals surface area contributed by atoms with Gasteiger partial charge in [-0.05, 0) is 57.6 Å². The molecule has 5 heteroatoms. The molecule has 1 aliphatic rings. The van der Waals surface area contributed by atoms with E-state index < -0.39 is 5.97 Å². The van der Waals surface area contributed by atoms with E-state index in [1.165, 1.54) is 0 Å². The van der Waals surface area contributed by atoms with Crippen LogP contribution in [-0.2, 0) is 4.79 Å². The maximum atomic E-state index is 12.6. The van der Waals surface area contributed by atoms with E-state index in [0.717, 1.165) is 27.7 Å². The Kier molecular flexibility index (Phi) is 4.35. The van der Waals surface area contributed by atoms with Gasteiger partial charge in [-0.25, -0.2) is 0 Å². The topological polar surface area (TPSA) is 79.5 Å². The van der Waals surface area contributed by atoms with Crippen LogP contribution < -0.4 is 5.32 Å². The highest BCUT2D eigenvalue weighted by Crippen LogP contribution is 2.31. The SMILES string of the molecule is Cc1ccc(C)c2c(C)c(C(=O)NC3CCC(C(=O)O)CC3)oc12. The van der Waals surface area contributed by atoms with E-state index in [-0.39, 0.29) is 17.9 Å². The molecule has 0 radical (unpaired) electrons. The number of carboxylic acids is 1. The van der Waals surface area contributed by atoms with Crippen molar-refractivity contribution in [1.29, 1.82) is 0 Å². The Bertz CT molecular complexity index is 797. The van der Waals surface area contributed by atoms with Gasteiger partial charge in [0.1, 0.15) is 5.58 Å². The van der Waals surface area contributed by atoms with Crippen LogP contribution >= 0.6 is 0 Å². The van der Waals surface area contributed by atoms with Crippen LogP contribution in [0.4, 0.5) is 0 Å². The van der Waals surface area contributed by atoms with Crippen molar-refractivity contribution in [2.24, 2.45) is 5.92 Å². The Hall–Kier alpha value is -2.30. The Morgan fingerprint density at radius 3 is 2.29 bits per heavy atom. The van der Waals surface area contributed by atoms with E-state index >= 15 is 0 Å². The Balaban J connectivity index is 1.78. The van der Waals surface area contributed by atoms with Gasteiger partial charge >= 0.3 is 5.97 Å². The van der Waals surface area contributed by atoms with Crippen LogP contribution in [0, 0.1) is 26.7 Å². The van der Waals surface area contributed by atoms with Crippen molar-refractivity contribution in [2.45, 2.75) is 52.5 Å². The molecule has 2 N–H and O–H groups in total. The van der Waals surface area contributed by atoms with Crippen LogP contribution in [0.2, 0.25) is 0 Å². The highest BCUT2D eigenvalue weighted by Gasteiger charge is 2.28. The third-order valence-electron chi connectivity index (χ3n) is 5.10. The number of carboxylic acid groups (broad SMARTS) is 1. The summed E-state index contributed by atoms with van der Waals surface area (Å²) in [6.45, 7) is 5.90. The molecule has 5 nitrogen and oxygen atoms in total. The number of aliphatic carboxylic acids is 1. The molecule has 0 atom stereocenters. The van der Waals surface area contributed by atoms with Gasteiger partial charge in [-0.15, -0.1) is 0 Å². The molecular formula is C19H23NO4. The number of benzene rings is 1. The molecule has 1 aliphatic carbocycles. The molecule has 2 aromatic rings. The average molecular weight is 329 g/mol. The number of furan rings is 1. The van der Waals surface area contributed by atoms with Crippen LogP contribution in [0.5, 0.6) is 0 Å². The molecule has 1 heterocycles. The Labute approximate surface area is 141 Å². The predicted molar refractivity (Wildman–Crippen MR) is 91.3 cm³/mol. The van der Waals surface area contributed by atoms with Crippen molar-refractivity contribution < 1.29 is 19.1 Å². The monoisotopic (exact) mass is 329 g/mol. The Morgan fingerprint density at radius 1 is 1.08 bits per heavy atom. The van der Waals surface area contributed by atoms with Crippen LogP contribution in [0.15, 0.2) is 16.5 Å². The summed E-state index contributed by atoms with van der Waals surface area (Å²) in [4.78, 5) is 23.6. The number of hydrogen-bond donors (Lipinski definition) is 2. The van der Waals surface area contributed by atoms with E-state index in [9.17, 15) is 9.59 Å². The first-order valence-corrected chi connectivity index (χ1v) is 8.41. The molecule has 0 saturated heterocycles. The predicted octanol–water partition coefficient (Wildman–Crippen LogP) is 3.73. The molecule has 0 spiro atoms. The van der Waals surface area contributed by atoms with E-state index in [4.69, 9.17) is 9.52 Å². The quantitative estimate of drug-likeness (QED) is 0.899. The fourth-order valence-electron chi connectivity index (χ4n) is 3.63. The van der Waals surface area contributed by atoms with Gasteiger partial charge in [0.2, 0.25) is 0 Å². The van der Waals surface area contributed by atoms with Gasteiger partial charge in [-0.3, -0.25) is 9.59 Å². The molecule has 0 bridgehead atoms. The third-order valence-corrected chi connectivity index (χ3v) is 5.10. The maximum Gasteiger partial charge on any atom is 0.306 e. The number of fused-ring (bicyclic) bond motifs is 1. The zero-order valence-corrected chi connectivity index (χ0v) is 14.3. The van der Waals surface area contributed by atoms with Crippen molar-refractivity contribution in [3.05, 3.63) is 34.6 Å². The standard InChI is InChI=1S/C19H23NO4/c1-10-4-5-11(2)16-15(10)12(3)17(24-16)18(21)20-14-8-6-13(7-9-14)19(22)23/h4-5,13-14H,6-9H2,1-3H3,(H,20,21)(H,22,23). The van der Waals surface area contributed by atoms with Gasteiger partial charge in [-0.1, -0.05) is 12.1 Å². The Morgan fingerprint density at radius 2 is 1.71 bits per heavy atom. The zero-order valence-electron chi connectivity index (χ0n) is 14.3. The third kappa shape index (κ3) is 2.90. The minimum absolute atomic E-state index is 0.0166. The highest BCUT2D eigenvalue weighted by atomic mass is 16.4. The van der Waals surface area contributed by atoms with Crippen LogP contribution in [0.25, 0.3) is 11.0 Å². The van der Waals surface area contributed by atoms with Crippen molar-refractivity contribution in [3.63, 3.8) is 0 Å².